The number of hydrogen-bond donors (Lipinski definition) is 0. The number of hydrogen-bond acceptors (Lipinski definition) is 6. The molecule has 8 nitrogen and oxygen atoms in total. The van der Waals surface area contributed by atoms with Gasteiger partial charge in [-0.2, -0.15) is 0 Å². The fraction of sp³-hybridized carbons (Fsp3) is 0.324. The number of amides is 2. The fourth-order valence-corrected chi connectivity index (χ4v) is 4.56. The Labute approximate surface area is 246 Å². The van der Waals surface area contributed by atoms with E-state index >= 15 is 0 Å². The molecule has 0 saturated heterocycles. The molecule has 8 heteroatoms. The Morgan fingerprint density at radius 1 is 0.905 bits per heavy atom. The van der Waals surface area contributed by atoms with E-state index in [1.165, 1.54) is 11.2 Å². The molecule has 4 rings (SSSR count). The summed E-state index contributed by atoms with van der Waals surface area (Å²) >= 11 is 0. The normalized spacial score (nSPS) is 10.9. The highest BCUT2D eigenvalue weighted by Gasteiger charge is 2.24. The third-order valence-corrected chi connectivity index (χ3v) is 6.98. The average Bonchev–Trinajstić information content (AvgIpc) is 3.01. The van der Waals surface area contributed by atoms with E-state index in [0.717, 1.165) is 24.0 Å². The summed E-state index contributed by atoms with van der Waals surface area (Å²) in [5.74, 6) is 0.102. The van der Waals surface area contributed by atoms with Gasteiger partial charge in [0.1, 0.15) is 17.9 Å². The second-order valence-electron chi connectivity index (χ2n) is 10.3. The van der Waals surface area contributed by atoms with Crippen LogP contribution in [-0.4, -0.2) is 55.0 Å². The van der Waals surface area contributed by atoms with Crippen molar-refractivity contribution in [2.24, 2.45) is 0 Å². The van der Waals surface area contributed by atoms with Crippen LogP contribution in [0.15, 0.2) is 88.3 Å². The molecule has 4 aromatic rings. The van der Waals surface area contributed by atoms with Gasteiger partial charge in [0.05, 0.1) is 37.0 Å². The van der Waals surface area contributed by atoms with E-state index in [1.54, 1.807) is 48.4 Å². The smallest absolute Gasteiger partial charge is 0.254 e. The maximum atomic E-state index is 13.8. The van der Waals surface area contributed by atoms with Gasteiger partial charge in [0, 0.05) is 25.8 Å². The van der Waals surface area contributed by atoms with Gasteiger partial charge in [0.2, 0.25) is 5.91 Å². The molecule has 3 aromatic carbocycles. The van der Waals surface area contributed by atoms with E-state index < -0.39 is 0 Å². The lowest BCUT2D eigenvalue weighted by Crippen LogP contribution is -2.44. The van der Waals surface area contributed by atoms with Gasteiger partial charge in [0.15, 0.2) is 5.43 Å². The fourth-order valence-electron chi connectivity index (χ4n) is 4.56. The summed E-state index contributed by atoms with van der Waals surface area (Å²) in [5.41, 5.74) is 2.97. The molecule has 0 atom stereocenters. The minimum absolute atomic E-state index is 0.0377. The third kappa shape index (κ3) is 8.07. The van der Waals surface area contributed by atoms with Crippen LogP contribution in [0.4, 0.5) is 0 Å². The number of carbonyl (C=O) groups excluding carboxylic acids is 2. The maximum absolute atomic E-state index is 13.8. The van der Waals surface area contributed by atoms with Gasteiger partial charge in [0.25, 0.3) is 5.91 Å². The highest BCUT2D eigenvalue weighted by Crippen LogP contribution is 2.17. The maximum Gasteiger partial charge on any atom is 0.254 e. The molecule has 0 N–H and O–H groups in total. The van der Waals surface area contributed by atoms with E-state index in [-0.39, 0.29) is 50.0 Å². The molecule has 0 aliphatic carbocycles. The summed E-state index contributed by atoms with van der Waals surface area (Å²) in [6, 6.07) is 21.9. The number of fused-ring (bicyclic) bond motifs is 1. The summed E-state index contributed by atoms with van der Waals surface area (Å²) in [7, 11) is 1.55. The van der Waals surface area contributed by atoms with Crippen molar-refractivity contribution in [1.82, 2.24) is 9.80 Å². The molecule has 0 radical (unpaired) electrons. The quantitative estimate of drug-likeness (QED) is 0.184. The predicted octanol–water partition coefficient (Wildman–Crippen LogP) is 5.60. The number of carbonyl (C=O) groups is 2. The molecule has 1 aromatic heterocycles. The summed E-state index contributed by atoms with van der Waals surface area (Å²) < 4.78 is 16.7. The molecular weight excluding hydrogens is 532 g/mol. The van der Waals surface area contributed by atoms with Crippen LogP contribution in [0.2, 0.25) is 0 Å². The van der Waals surface area contributed by atoms with Crippen LogP contribution in [-0.2, 0) is 22.6 Å². The predicted molar refractivity (Wildman–Crippen MR) is 163 cm³/mol. The monoisotopic (exact) mass is 570 g/mol. The number of rotatable bonds is 14. The molecule has 0 unspecified atom stereocenters. The van der Waals surface area contributed by atoms with Gasteiger partial charge < -0.3 is 23.7 Å². The molecule has 220 valence electrons. The second kappa shape index (κ2) is 15.0. The lowest BCUT2D eigenvalue weighted by Gasteiger charge is -2.28. The average molecular weight is 571 g/mol. The number of unbranched alkanes of at least 4 members (excludes halogenated alkanes) is 1. The van der Waals surface area contributed by atoms with E-state index in [9.17, 15) is 14.4 Å². The SMILES string of the molecule is CCCCOc1ccc(C(=O)N(CCOC)CC(=O)N(Cc2ccccc2)Cc2coc3ccc(C)cc3c2=O)cc1. The van der Waals surface area contributed by atoms with Crippen LogP contribution in [0.5, 0.6) is 5.75 Å². The Balaban J connectivity index is 1.57. The van der Waals surface area contributed by atoms with Crippen molar-refractivity contribution in [3.8, 4) is 5.75 Å². The van der Waals surface area contributed by atoms with Gasteiger partial charge >= 0.3 is 0 Å². The van der Waals surface area contributed by atoms with Crippen LogP contribution in [0, 0.1) is 6.92 Å². The zero-order valence-electron chi connectivity index (χ0n) is 24.5. The number of ether oxygens (including phenoxy) is 2. The van der Waals surface area contributed by atoms with Crippen LogP contribution >= 0.6 is 0 Å². The second-order valence-corrected chi connectivity index (χ2v) is 10.3. The van der Waals surface area contributed by atoms with E-state index in [2.05, 4.69) is 6.92 Å². The van der Waals surface area contributed by atoms with Crippen LogP contribution in [0.25, 0.3) is 11.0 Å². The zero-order chi connectivity index (χ0) is 29.9. The van der Waals surface area contributed by atoms with Crippen molar-refractivity contribution in [3.05, 3.63) is 112 Å². The first-order chi connectivity index (χ1) is 20.4. The van der Waals surface area contributed by atoms with Gasteiger partial charge in [-0.25, -0.2) is 0 Å². The summed E-state index contributed by atoms with van der Waals surface area (Å²) in [6.45, 7) is 5.24. The van der Waals surface area contributed by atoms with Crippen LogP contribution in [0.3, 0.4) is 0 Å². The van der Waals surface area contributed by atoms with E-state index in [1.807, 2.05) is 43.3 Å². The van der Waals surface area contributed by atoms with Crippen molar-refractivity contribution in [1.29, 1.82) is 0 Å². The first-order valence-electron chi connectivity index (χ1n) is 14.2. The molecule has 0 aliphatic rings. The molecule has 0 spiro atoms. The van der Waals surface area contributed by atoms with Gasteiger partial charge in [-0.15, -0.1) is 0 Å². The van der Waals surface area contributed by atoms with E-state index in [4.69, 9.17) is 13.9 Å². The molecule has 1 heterocycles. The minimum atomic E-state index is -0.299. The van der Waals surface area contributed by atoms with Crippen molar-refractivity contribution in [2.45, 2.75) is 39.8 Å². The van der Waals surface area contributed by atoms with E-state index in [0.29, 0.717) is 34.5 Å². The van der Waals surface area contributed by atoms with Gasteiger partial charge in [-0.1, -0.05) is 55.3 Å². The van der Waals surface area contributed by atoms with Crippen molar-refractivity contribution < 1.29 is 23.5 Å². The third-order valence-electron chi connectivity index (χ3n) is 6.98. The van der Waals surface area contributed by atoms with Gasteiger partial charge in [-0.3, -0.25) is 14.4 Å². The highest BCUT2D eigenvalue weighted by atomic mass is 16.5. The Bertz CT molecular complexity index is 1530. The molecule has 0 aliphatic heterocycles. The number of aryl methyl sites for hydroxylation is 1. The largest absolute Gasteiger partial charge is 0.494 e. The molecule has 0 bridgehead atoms. The summed E-state index contributed by atoms with van der Waals surface area (Å²) in [6.07, 6.45) is 3.41. The molecule has 0 fully saturated rings. The molecule has 2 amide bonds. The first kappa shape index (κ1) is 30.5. The highest BCUT2D eigenvalue weighted by molar-refractivity contribution is 5.96. The van der Waals surface area contributed by atoms with Crippen molar-refractivity contribution in [2.75, 3.05) is 33.4 Å². The van der Waals surface area contributed by atoms with Crippen molar-refractivity contribution >= 4 is 22.8 Å². The summed E-state index contributed by atoms with van der Waals surface area (Å²) in [5, 5.41) is 0.471. The van der Waals surface area contributed by atoms with Crippen LogP contribution in [0.1, 0.15) is 46.8 Å². The standard InChI is InChI=1S/C34H38N2O6/c1-4-5-18-41-29-14-12-27(13-15-29)34(39)35(17-19-40-3)23-32(37)36(21-26-9-7-6-8-10-26)22-28-24-42-31-16-11-25(2)20-30(31)33(28)38/h6-16,20,24H,4-5,17-19,21-23H2,1-3H3. The molecule has 0 saturated carbocycles. The lowest BCUT2D eigenvalue weighted by atomic mass is 10.1. The topological polar surface area (TPSA) is 89.3 Å². The Kier molecular flexibility index (Phi) is 10.9. The van der Waals surface area contributed by atoms with Gasteiger partial charge in [-0.05, 0) is 55.3 Å². The molecular formula is C34H38N2O6. The first-order valence-corrected chi connectivity index (χ1v) is 14.2. The number of nitrogens with zero attached hydrogens (tertiary/aromatic N) is 2. The Morgan fingerprint density at radius 3 is 2.38 bits per heavy atom. The lowest BCUT2D eigenvalue weighted by molar-refractivity contribution is -0.133. The zero-order valence-corrected chi connectivity index (χ0v) is 24.5. The molecule has 42 heavy (non-hydrogen) atoms. The summed E-state index contributed by atoms with van der Waals surface area (Å²) in [4.78, 5) is 43.8. The Hall–Kier alpha value is -4.43. The Morgan fingerprint density at radius 2 is 1.67 bits per heavy atom. The number of methoxy groups -OCH3 is 1. The van der Waals surface area contributed by atoms with Crippen molar-refractivity contribution in [3.63, 3.8) is 0 Å². The number of benzene rings is 3. The van der Waals surface area contributed by atoms with Crippen LogP contribution < -0.4 is 10.2 Å². The minimum Gasteiger partial charge on any atom is -0.494 e.